The summed E-state index contributed by atoms with van der Waals surface area (Å²) in [6.07, 6.45) is 0.714. The number of rotatable bonds is 9. The molecule has 0 bridgehead atoms. The van der Waals surface area contributed by atoms with Crippen molar-refractivity contribution < 1.29 is 13.2 Å². The number of anilines is 1. The van der Waals surface area contributed by atoms with Crippen LogP contribution in [0.3, 0.4) is 0 Å². The minimum absolute atomic E-state index is 0.126. The fourth-order valence-corrected chi connectivity index (χ4v) is 4.05. The highest BCUT2D eigenvalue weighted by Crippen LogP contribution is 2.14. The van der Waals surface area contributed by atoms with Crippen LogP contribution in [0.4, 0.5) is 5.69 Å². The first-order chi connectivity index (χ1) is 11.9. The molecule has 2 rings (SSSR count). The third-order valence-corrected chi connectivity index (χ3v) is 6.06. The molecule has 1 atom stereocenters. The molecule has 2 aromatic rings. The van der Waals surface area contributed by atoms with E-state index in [-0.39, 0.29) is 23.4 Å². The minimum Gasteiger partial charge on any atom is -0.325 e. The summed E-state index contributed by atoms with van der Waals surface area (Å²) >= 11 is 1.63. The predicted octanol–water partition coefficient (Wildman–Crippen LogP) is 2.55. The van der Waals surface area contributed by atoms with E-state index in [0.29, 0.717) is 18.7 Å². The van der Waals surface area contributed by atoms with Gasteiger partial charge in [-0.3, -0.25) is 4.79 Å². The van der Waals surface area contributed by atoms with Crippen LogP contribution >= 0.6 is 11.3 Å². The van der Waals surface area contributed by atoms with E-state index in [1.807, 2.05) is 31.4 Å². The van der Waals surface area contributed by atoms with Crippen molar-refractivity contribution in [2.45, 2.75) is 37.8 Å². The van der Waals surface area contributed by atoms with Crippen LogP contribution in [-0.2, 0) is 21.4 Å². The van der Waals surface area contributed by atoms with Crippen LogP contribution in [0.15, 0.2) is 46.7 Å². The molecule has 0 saturated heterocycles. The molecule has 3 N–H and O–H groups in total. The Labute approximate surface area is 152 Å². The Hall–Kier alpha value is -1.74. The van der Waals surface area contributed by atoms with Crippen molar-refractivity contribution in [3.8, 4) is 0 Å². The van der Waals surface area contributed by atoms with Crippen molar-refractivity contribution in [1.82, 2.24) is 10.0 Å². The molecule has 0 saturated carbocycles. The van der Waals surface area contributed by atoms with Crippen LogP contribution in [0.25, 0.3) is 0 Å². The smallest absolute Gasteiger partial charge is 0.240 e. The highest BCUT2D eigenvalue weighted by Gasteiger charge is 2.16. The molecule has 136 valence electrons. The van der Waals surface area contributed by atoms with Crippen molar-refractivity contribution in [2.75, 3.05) is 11.9 Å². The van der Waals surface area contributed by atoms with Gasteiger partial charge in [0.2, 0.25) is 15.9 Å². The predicted molar refractivity (Wildman–Crippen MR) is 101 cm³/mol. The van der Waals surface area contributed by atoms with Gasteiger partial charge in [0.15, 0.2) is 0 Å². The number of carbonyl (C=O) groups excluding carboxylic acids is 1. The summed E-state index contributed by atoms with van der Waals surface area (Å²) in [6.45, 7) is 4.56. The van der Waals surface area contributed by atoms with Crippen molar-refractivity contribution in [2.24, 2.45) is 0 Å². The van der Waals surface area contributed by atoms with Gasteiger partial charge in [-0.25, -0.2) is 13.1 Å². The summed E-state index contributed by atoms with van der Waals surface area (Å²) in [6, 6.07) is 9.98. The fourth-order valence-electron chi connectivity index (χ4n) is 2.05. The first-order valence-corrected chi connectivity index (χ1v) is 10.4. The van der Waals surface area contributed by atoms with E-state index >= 15 is 0 Å². The fraction of sp³-hybridized carbons (Fsp3) is 0.353. The number of hydrogen-bond acceptors (Lipinski definition) is 5. The van der Waals surface area contributed by atoms with Crippen LogP contribution in [0.1, 0.15) is 25.1 Å². The lowest BCUT2D eigenvalue weighted by atomic mass is 10.3. The molecule has 0 spiro atoms. The monoisotopic (exact) mass is 381 g/mol. The zero-order valence-corrected chi connectivity index (χ0v) is 15.9. The molecule has 25 heavy (non-hydrogen) atoms. The molecule has 1 aromatic carbocycles. The van der Waals surface area contributed by atoms with Gasteiger partial charge in [0.25, 0.3) is 0 Å². The zero-order chi connectivity index (χ0) is 18.3. The summed E-state index contributed by atoms with van der Waals surface area (Å²) in [7, 11) is -3.53. The standard InChI is InChI=1S/C17H23N3O3S2/c1-3-13(2)20-25(22,23)16-8-6-14(7-9-16)19-17(21)12-18-11-15-5-4-10-24-15/h4-10,13,18,20H,3,11-12H2,1-2H3,(H,19,21)/t13-/m1/s1. The minimum atomic E-state index is -3.53. The molecule has 0 radical (unpaired) electrons. The molecule has 1 amide bonds. The molecule has 1 aromatic heterocycles. The van der Waals surface area contributed by atoms with Crippen LogP contribution in [-0.4, -0.2) is 26.9 Å². The van der Waals surface area contributed by atoms with Crippen LogP contribution < -0.4 is 15.4 Å². The van der Waals surface area contributed by atoms with Gasteiger partial charge in [0, 0.05) is 23.2 Å². The topological polar surface area (TPSA) is 87.3 Å². The second-order valence-corrected chi connectivity index (χ2v) is 8.43. The first kappa shape index (κ1) is 19.6. The van der Waals surface area contributed by atoms with E-state index in [1.54, 1.807) is 23.5 Å². The van der Waals surface area contributed by atoms with E-state index in [9.17, 15) is 13.2 Å². The highest BCUT2D eigenvalue weighted by molar-refractivity contribution is 7.89. The van der Waals surface area contributed by atoms with Crippen molar-refractivity contribution >= 4 is 33.0 Å². The zero-order valence-electron chi connectivity index (χ0n) is 14.3. The van der Waals surface area contributed by atoms with Gasteiger partial charge in [-0.05, 0) is 49.1 Å². The Morgan fingerprint density at radius 3 is 2.52 bits per heavy atom. The lowest BCUT2D eigenvalue weighted by Crippen LogP contribution is -2.32. The van der Waals surface area contributed by atoms with E-state index in [4.69, 9.17) is 0 Å². The number of carbonyl (C=O) groups is 1. The lowest BCUT2D eigenvalue weighted by Gasteiger charge is -2.12. The molecule has 6 nitrogen and oxygen atoms in total. The van der Waals surface area contributed by atoms with E-state index in [1.165, 1.54) is 12.1 Å². The SMILES string of the molecule is CC[C@@H](C)NS(=O)(=O)c1ccc(NC(=O)CNCc2cccs2)cc1. The van der Waals surface area contributed by atoms with Crippen LogP contribution in [0.5, 0.6) is 0 Å². The highest BCUT2D eigenvalue weighted by atomic mass is 32.2. The average Bonchev–Trinajstić information content (AvgIpc) is 3.08. The number of amides is 1. The quantitative estimate of drug-likeness (QED) is 0.623. The molecule has 0 unspecified atom stereocenters. The molecule has 0 aliphatic rings. The third-order valence-electron chi connectivity index (χ3n) is 3.58. The first-order valence-electron chi connectivity index (χ1n) is 8.06. The van der Waals surface area contributed by atoms with Gasteiger partial charge in [-0.1, -0.05) is 13.0 Å². The average molecular weight is 382 g/mol. The van der Waals surface area contributed by atoms with Gasteiger partial charge < -0.3 is 10.6 Å². The molecule has 0 aliphatic heterocycles. The van der Waals surface area contributed by atoms with Gasteiger partial charge in [-0.2, -0.15) is 0 Å². The van der Waals surface area contributed by atoms with Crippen LogP contribution in [0.2, 0.25) is 0 Å². The second kappa shape index (κ2) is 9.10. The van der Waals surface area contributed by atoms with Gasteiger partial charge in [0.1, 0.15) is 0 Å². The van der Waals surface area contributed by atoms with Gasteiger partial charge in [-0.15, -0.1) is 11.3 Å². The number of hydrogen-bond donors (Lipinski definition) is 3. The number of thiophene rings is 1. The molecular weight excluding hydrogens is 358 g/mol. The lowest BCUT2D eigenvalue weighted by molar-refractivity contribution is -0.115. The van der Waals surface area contributed by atoms with Crippen molar-refractivity contribution in [1.29, 1.82) is 0 Å². The second-order valence-electron chi connectivity index (χ2n) is 5.69. The van der Waals surface area contributed by atoms with Crippen LogP contribution in [0, 0.1) is 0 Å². The summed E-state index contributed by atoms with van der Waals surface area (Å²) in [5, 5.41) is 7.79. The Morgan fingerprint density at radius 2 is 1.92 bits per heavy atom. The Kier molecular flexibility index (Phi) is 7.12. The number of benzene rings is 1. The van der Waals surface area contributed by atoms with E-state index < -0.39 is 10.0 Å². The Morgan fingerprint density at radius 1 is 1.20 bits per heavy atom. The summed E-state index contributed by atoms with van der Waals surface area (Å²) in [4.78, 5) is 13.3. The maximum Gasteiger partial charge on any atom is 0.240 e. The Balaban J connectivity index is 1.86. The normalized spacial score (nSPS) is 12.7. The largest absolute Gasteiger partial charge is 0.325 e. The van der Waals surface area contributed by atoms with Crippen molar-refractivity contribution in [3.05, 3.63) is 46.7 Å². The molecule has 0 fully saturated rings. The molecular formula is C17H23N3O3S2. The van der Waals surface area contributed by atoms with Gasteiger partial charge >= 0.3 is 0 Å². The summed E-state index contributed by atoms with van der Waals surface area (Å²) in [5.41, 5.74) is 0.561. The van der Waals surface area contributed by atoms with E-state index in [2.05, 4.69) is 15.4 Å². The maximum atomic E-state index is 12.2. The van der Waals surface area contributed by atoms with Crippen molar-refractivity contribution in [3.63, 3.8) is 0 Å². The maximum absolute atomic E-state index is 12.2. The van der Waals surface area contributed by atoms with E-state index in [0.717, 1.165) is 4.88 Å². The third kappa shape index (κ3) is 6.24. The summed E-state index contributed by atoms with van der Waals surface area (Å²) in [5.74, 6) is -0.176. The number of sulfonamides is 1. The Bertz CT molecular complexity index is 772. The molecule has 1 heterocycles. The van der Waals surface area contributed by atoms with Gasteiger partial charge in [0.05, 0.1) is 11.4 Å². The number of nitrogens with one attached hydrogen (secondary N) is 3. The summed E-state index contributed by atoms with van der Waals surface area (Å²) < 4.78 is 27.0. The molecule has 0 aliphatic carbocycles. The molecule has 8 heteroatoms.